The molecule has 0 aliphatic carbocycles. The van der Waals surface area contributed by atoms with Crippen LogP contribution in [0.25, 0.3) is 27.7 Å². The molecular formula is C23H26N6O. The smallest absolute Gasteiger partial charge is 0.254 e. The van der Waals surface area contributed by atoms with Gasteiger partial charge in [0.25, 0.3) is 5.91 Å². The highest BCUT2D eigenvalue weighted by atomic mass is 16.1. The van der Waals surface area contributed by atoms with Gasteiger partial charge in [0, 0.05) is 37.6 Å². The van der Waals surface area contributed by atoms with E-state index in [-0.39, 0.29) is 5.91 Å². The van der Waals surface area contributed by atoms with Crippen LogP contribution in [0.1, 0.15) is 29.8 Å². The largest absolute Gasteiger partial charge is 0.355 e. The summed E-state index contributed by atoms with van der Waals surface area (Å²) in [7, 11) is 1.65. The van der Waals surface area contributed by atoms with E-state index in [1.165, 1.54) is 0 Å². The number of nitrogens with one attached hydrogen (secondary N) is 2. The van der Waals surface area contributed by atoms with Gasteiger partial charge in [0.1, 0.15) is 11.5 Å². The first-order chi connectivity index (χ1) is 14.5. The molecule has 1 amide bonds. The lowest BCUT2D eigenvalue weighted by molar-refractivity contribution is 0.0964. The fraction of sp³-hybridized carbons (Fsp3) is 0.348. The molecule has 0 bridgehead atoms. The number of imidazole rings is 1. The Balaban J connectivity index is 1.83. The van der Waals surface area contributed by atoms with Gasteiger partial charge in [0.2, 0.25) is 0 Å². The Hall–Kier alpha value is -3.19. The summed E-state index contributed by atoms with van der Waals surface area (Å²) >= 11 is 0. The van der Waals surface area contributed by atoms with Gasteiger partial charge in [-0.1, -0.05) is 12.1 Å². The molecule has 2 unspecified atom stereocenters. The highest BCUT2D eigenvalue weighted by molar-refractivity contribution is 6.06. The Labute approximate surface area is 175 Å². The quantitative estimate of drug-likeness (QED) is 0.539. The number of benzene rings is 1. The molecule has 1 aromatic carbocycles. The lowest BCUT2D eigenvalue weighted by Gasteiger charge is -2.37. The molecule has 5 rings (SSSR count). The highest BCUT2D eigenvalue weighted by Crippen LogP contribution is 2.30. The monoisotopic (exact) mass is 402 g/mol. The highest BCUT2D eigenvalue weighted by Gasteiger charge is 2.24. The number of pyridine rings is 2. The summed E-state index contributed by atoms with van der Waals surface area (Å²) in [5.74, 6) is 0.817. The van der Waals surface area contributed by atoms with E-state index in [4.69, 9.17) is 9.97 Å². The molecule has 3 aromatic heterocycles. The number of hydrogen-bond donors (Lipinski definition) is 2. The lowest BCUT2D eigenvalue weighted by atomic mass is 10.1. The van der Waals surface area contributed by atoms with Crippen molar-refractivity contribution < 1.29 is 4.79 Å². The summed E-state index contributed by atoms with van der Waals surface area (Å²) in [5, 5.41) is 7.29. The third-order valence-corrected chi connectivity index (χ3v) is 5.89. The van der Waals surface area contributed by atoms with Gasteiger partial charge >= 0.3 is 0 Å². The van der Waals surface area contributed by atoms with Crippen molar-refractivity contribution in [2.75, 3.05) is 25.0 Å². The average molecular weight is 403 g/mol. The molecule has 30 heavy (non-hydrogen) atoms. The average Bonchev–Trinajstić information content (AvgIpc) is 3.12. The third kappa shape index (κ3) is 2.89. The van der Waals surface area contributed by atoms with Crippen molar-refractivity contribution in [3.63, 3.8) is 0 Å². The van der Waals surface area contributed by atoms with E-state index in [0.717, 1.165) is 46.5 Å². The van der Waals surface area contributed by atoms with E-state index >= 15 is 0 Å². The fourth-order valence-electron chi connectivity index (χ4n) is 4.61. The first-order valence-corrected chi connectivity index (χ1v) is 10.4. The van der Waals surface area contributed by atoms with Crippen LogP contribution in [0.3, 0.4) is 0 Å². The van der Waals surface area contributed by atoms with E-state index in [2.05, 4.69) is 42.4 Å². The molecule has 7 heteroatoms. The fourth-order valence-corrected chi connectivity index (χ4v) is 4.61. The first-order valence-electron chi connectivity index (χ1n) is 10.4. The summed E-state index contributed by atoms with van der Waals surface area (Å²) in [6.45, 7) is 8.31. The number of aryl methyl sites for hydroxylation is 1. The molecule has 1 fully saturated rings. The molecule has 4 heterocycles. The lowest BCUT2D eigenvalue weighted by Crippen LogP contribution is -2.54. The summed E-state index contributed by atoms with van der Waals surface area (Å²) in [6.07, 6.45) is 0. The minimum atomic E-state index is -0.148. The topological polar surface area (TPSA) is 74.6 Å². The maximum Gasteiger partial charge on any atom is 0.254 e. The van der Waals surface area contributed by atoms with E-state index in [1.54, 1.807) is 7.05 Å². The van der Waals surface area contributed by atoms with Crippen LogP contribution in [0.2, 0.25) is 0 Å². The van der Waals surface area contributed by atoms with Crippen LogP contribution in [0.4, 0.5) is 5.82 Å². The van der Waals surface area contributed by atoms with Gasteiger partial charge in [-0.15, -0.1) is 0 Å². The Morgan fingerprint density at radius 1 is 1.10 bits per heavy atom. The minimum Gasteiger partial charge on any atom is -0.355 e. The summed E-state index contributed by atoms with van der Waals surface area (Å²) in [6, 6.07) is 12.8. The second-order valence-electron chi connectivity index (χ2n) is 8.31. The van der Waals surface area contributed by atoms with Crippen molar-refractivity contribution in [1.82, 2.24) is 25.0 Å². The third-order valence-electron chi connectivity index (χ3n) is 5.89. The number of nitrogens with zero attached hydrogens (tertiary/aromatic N) is 4. The van der Waals surface area contributed by atoms with Gasteiger partial charge in [0.15, 0.2) is 5.65 Å². The summed E-state index contributed by atoms with van der Waals surface area (Å²) in [4.78, 5) is 24.9. The van der Waals surface area contributed by atoms with Crippen LogP contribution in [-0.2, 0) is 0 Å². The van der Waals surface area contributed by atoms with Gasteiger partial charge in [0.05, 0.1) is 16.6 Å². The molecule has 1 aliphatic rings. The number of amides is 1. The zero-order valence-corrected chi connectivity index (χ0v) is 17.7. The van der Waals surface area contributed by atoms with Crippen LogP contribution in [0.5, 0.6) is 0 Å². The first kappa shape index (κ1) is 18.8. The molecule has 154 valence electrons. The number of hydrogen-bond acceptors (Lipinski definition) is 5. The SMILES string of the molecule is CNC(=O)c1cc2c(C)cc(N3CC(C)NC(C)C3)nc2n2c1nc1ccccc12. The van der Waals surface area contributed by atoms with Crippen molar-refractivity contribution >= 4 is 39.4 Å². The second kappa shape index (κ2) is 6.95. The van der Waals surface area contributed by atoms with E-state index in [9.17, 15) is 4.79 Å². The number of fused-ring (bicyclic) bond motifs is 5. The number of anilines is 1. The van der Waals surface area contributed by atoms with Crippen molar-refractivity contribution in [2.24, 2.45) is 0 Å². The molecule has 0 spiro atoms. The zero-order chi connectivity index (χ0) is 21.0. The van der Waals surface area contributed by atoms with E-state index in [1.807, 2.05) is 34.7 Å². The van der Waals surface area contributed by atoms with E-state index in [0.29, 0.717) is 23.3 Å². The Morgan fingerprint density at radius 3 is 2.57 bits per heavy atom. The van der Waals surface area contributed by atoms with Gasteiger partial charge in [-0.25, -0.2) is 9.97 Å². The van der Waals surface area contributed by atoms with Crippen LogP contribution < -0.4 is 15.5 Å². The zero-order valence-electron chi connectivity index (χ0n) is 17.7. The number of rotatable bonds is 2. The number of carbonyl (C=O) groups excluding carboxylic acids is 1. The van der Waals surface area contributed by atoms with Crippen molar-refractivity contribution in [3.05, 3.63) is 47.5 Å². The summed E-state index contributed by atoms with van der Waals surface area (Å²) in [5.41, 5.74) is 4.93. The minimum absolute atomic E-state index is 0.148. The molecule has 1 aliphatic heterocycles. The Kier molecular flexibility index (Phi) is 4.36. The predicted octanol–water partition coefficient (Wildman–Crippen LogP) is 2.89. The maximum absolute atomic E-state index is 12.6. The van der Waals surface area contributed by atoms with Crippen LogP contribution >= 0.6 is 0 Å². The van der Waals surface area contributed by atoms with Crippen molar-refractivity contribution in [3.8, 4) is 0 Å². The molecular weight excluding hydrogens is 376 g/mol. The summed E-state index contributed by atoms with van der Waals surface area (Å²) < 4.78 is 2.03. The van der Waals surface area contributed by atoms with Gasteiger partial charge < -0.3 is 15.5 Å². The molecule has 0 saturated carbocycles. The molecule has 1 saturated heterocycles. The maximum atomic E-state index is 12.6. The van der Waals surface area contributed by atoms with Gasteiger partial charge in [-0.3, -0.25) is 9.20 Å². The van der Waals surface area contributed by atoms with Crippen molar-refractivity contribution in [1.29, 1.82) is 0 Å². The number of para-hydroxylation sites is 2. The molecule has 0 radical (unpaired) electrons. The van der Waals surface area contributed by atoms with Gasteiger partial charge in [-0.05, 0) is 50.6 Å². The van der Waals surface area contributed by atoms with Crippen LogP contribution in [-0.4, -0.2) is 52.5 Å². The predicted molar refractivity (Wildman–Crippen MR) is 120 cm³/mol. The number of aromatic nitrogens is 3. The number of carbonyl (C=O) groups is 1. The molecule has 7 nitrogen and oxygen atoms in total. The van der Waals surface area contributed by atoms with Crippen LogP contribution in [0.15, 0.2) is 36.4 Å². The van der Waals surface area contributed by atoms with Crippen molar-refractivity contribution in [2.45, 2.75) is 32.9 Å². The molecule has 2 atom stereocenters. The molecule has 4 aromatic rings. The van der Waals surface area contributed by atoms with E-state index < -0.39 is 0 Å². The number of piperazine rings is 1. The second-order valence-corrected chi connectivity index (χ2v) is 8.31. The Morgan fingerprint density at radius 2 is 1.83 bits per heavy atom. The molecule has 2 N–H and O–H groups in total. The van der Waals surface area contributed by atoms with Crippen LogP contribution in [0, 0.1) is 6.92 Å². The van der Waals surface area contributed by atoms with Gasteiger partial charge in [-0.2, -0.15) is 0 Å². The Bertz CT molecular complexity index is 1280. The standard InChI is InChI=1S/C23H26N6O/c1-13-9-20(28-11-14(2)25-15(3)12-28)27-21-16(13)10-17(23(30)24-4)22-26-18-7-5-6-8-19(18)29(21)22/h5-10,14-15,25H,11-12H2,1-4H3,(H,24,30). The normalized spacial score (nSPS) is 19.7.